The Bertz CT molecular complexity index is 332. The third-order valence-electron chi connectivity index (χ3n) is 3.03. The van der Waals surface area contributed by atoms with Crippen LogP contribution in [0.1, 0.15) is 32.6 Å². The molecule has 3 heteroatoms. The molecule has 4 atom stereocenters. The smallest absolute Gasteiger partial charge is 0.0780 e. The first kappa shape index (κ1) is 15.8. The van der Waals surface area contributed by atoms with Crippen LogP contribution < -0.4 is 0 Å². The lowest BCUT2D eigenvalue weighted by Crippen LogP contribution is -2.33. The molecule has 0 spiro atoms. The standard InChI is InChI=1S/C15H20BrClO/c1-3-5-6-11-15-13(17)10-8-7-9-12(16)14(4-2)18-15/h1,5-8,12-15H,4,9-11H2,2H3/b6-5-,8-7-/t12-,13+,14+,15-/m1/s1. The number of hydrogen-bond donors (Lipinski definition) is 0. The highest BCUT2D eigenvalue weighted by molar-refractivity contribution is 9.09. The maximum atomic E-state index is 6.40. The van der Waals surface area contributed by atoms with Crippen molar-refractivity contribution in [3.05, 3.63) is 24.3 Å². The lowest BCUT2D eigenvalue weighted by molar-refractivity contribution is -0.0123. The van der Waals surface area contributed by atoms with Crippen molar-refractivity contribution in [1.29, 1.82) is 0 Å². The summed E-state index contributed by atoms with van der Waals surface area (Å²) in [5.41, 5.74) is 0. The molecular formula is C15H20BrClO. The fourth-order valence-electron chi connectivity index (χ4n) is 1.98. The quantitative estimate of drug-likeness (QED) is 0.422. The molecule has 0 aromatic carbocycles. The second-order valence-corrected chi connectivity index (χ2v) is 6.14. The average molecular weight is 332 g/mol. The molecule has 1 nitrogen and oxygen atoms in total. The zero-order chi connectivity index (χ0) is 13.4. The predicted molar refractivity (Wildman–Crippen MR) is 82.3 cm³/mol. The van der Waals surface area contributed by atoms with Gasteiger partial charge in [-0.2, -0.15) is 0 Å². The topological polar surface area (TPSA) is 9.23 Å². The Labute approximate surface area is 124 Å². The molecule has 0 aliphatic carbocycles. The molecule has 0 unspecified atom stereocenters. The second-order valence-electron chi connectivity index (χ2n) is 4.40. The maximum absolute atomic E-state index is 6.40. The lowest BCUT2D eigenvalue weighted by Gasteiger charge is -2.28. The van der Waals surface area contributed by atoms with E-state index in [1.54, 1.807) is 6.08 Å². The Morgan fingerprint density at radius 1 is 1.44 bits per heavy atom. The number of allylic oxidation sites excluding steroid dienone is 3. The highest BCUT2D eigenvalue weighted by Gasteiger charge is 2.26. The number of halogens is 2. The number of terminal acetylenes is 1. The van der Waals surface area contributed by atoms with Crippen molar-refractivity contribution in [2.75, 3.05) is 0 Å². The van der Waals surface area contributed by atoms with Crippen molar-refractivity contribution < 1.29 is 4.74 Å². The van der Waals surface area contributed by atoms with Gasteiger partial charge >= 0.3 is 0 Å². The number of alkyl halides is 2. The maximum Gasteiger partial charge on any atom is 0.0780 e. The van der Waals surface area contributed by atoms with Crippen LogP contribution in [0.5, 0.6) is 0 Å². The molecular weight excluding hydrogens is 312 g/mol. The highest BCUT2D eigenvalue weighted by atomic mass is 79.9. The number of hydrogen-bond acceptors (Lipinski definition) is 1. The summed E-state index contributed by atoms with van der Waals surface area (Å²) in [6.45, 7) is 2.14. The molecule has 100 valence electrons. The predicted octanol–water partition coefficient (Wildman–Crippen LogP) is 4.45. The van der Waals surface area contributed by atoms with Crippen LogP contribution in [0.4, 0.5) is 0 Å². The van der Waals surface area contributed by atoms with E-state index in [1.807, 2.05) is 6.08 Å². The summed E-state index contributed by atoms with van der Waals surface area (Å²) in [6.07, 6.45) is 17.0. The Morgan fingerprint density at radius 2 is 2.17 bits per heavy atom. The molecule has 0 saturated carbocycles. The molecule has 1 aliphatic heterocycles. The van der Waals surface area contributed by atoms with Gasteiger partial charge in [-0.3, -0.25) is 0 Å². The highest BCUT2D eigenvalue weighted by Crippen LogP contribution is 2.26. The summed E-state index contributed by atoms with van der Waals surface area (Å²) in [5, 5.41) is -0.00414. The monoisotopic (exact) mass is 330 g/mol. The van der Waals surface area contributed by atoms with Gasteiger partial charge in [0.05, 0.1) is 17.6 Å². The van der Waals surface area contributed by atoms with E-state index in [4.69, 9.17) is 22.8 Å². The van der Waals surface area contributed by atoms with Gasteiger partial charge in [-0.25, -0.2) is 0 Å². The first-order valence-electron chi connectivity index (χ1n) is 6.38. The third kappa shape index (κ3) is 5.18. The van der Waals surface area contributed by atoms with E-state index in [0.29, 0.717) is 4.83 Å². The van der Waals surface area contributed by atoms with E-state index in [9.17, 15) is 0 Å². The minimum absolute atomic E-state index is 0.00414. The van der Waals surface area contributed by atoms with Gasteiger partial charge in [-0.15, -0.1) is 18.0 Å². The molecule has 0 N–H and O–H groups in total. The van der Waals surface area contributed by atoms with Gasteiger partial charge in [0.25, 0.3) is 0 Å². The van der Waals surface area contributed by atoms with E-state index in [2.05, 4.69) is 40.9 Å². The van der Waals surface area contributed by atoms with Crippen LogP contribution in [0.15, 0.2) is 24.3 Å². The zero-order valence-electron chi connectivity index (χ0n) is 10.7. The molecule has 1 heterocycles. The fraction of sp³-hybridized carbons (Fsp3) is 0.600. The van der Waals surface area contributed by atoms with Crippen molar-refractivity contribution in [1.82, 2.24) is 0 Å². The summed E-state index contributed by atoms with van der Waals surface area (Å²) in [5.74, 6) is 2.49. The molecule has 0 aromatic rings. The SMILES string of the molecule is C#C/C=C\C[C@H]1O[C@@H](CC)[C@H](Br)C/C=C\C[C@@H]1Cl. The van der Waals surface area contributed by atoms with Crippen LogP contribution in [-0.2, 0) is 4.74 Å². The van der Waals surface area contributed by atoms with Crippen LogP contribution in [0, 0.1) is 12.3 Å². The lowest BCUT2D eigenvalue weighted by atomic mass is 10.1. The molecule has 0 fully saturated rings. The molecule has 0 amide bonds. The van der Waals surface area contributed by atoms with E-state index < -0.39 is 0 Å². The van der Waals surface area contributed by atoms with Crippen molar-refractivity contribution in [3.63, 3.8) is 0 Å². The largest absolute Gasteiger partial charge is 0.372 e. The van der Waals surface area contributed by atoms with E-state index in [1.165, 1.54) is 0 Å². The van der Waals surface area contributed by atoms with Crippen LogP contribution in [-0.4, -0.2) is 22.4 Å². The van der Waals surface area contributed by atoms with E-state index in [-0.39, 0.29) is 17.6 Å². The van der Waals surface area contributed by atoms with Crippen LogP contribution in [0.3, 0.4) is 0 Å². The average Bonchev–Trinajstić information content (AvgIpc) is 2.43. The summed E-state index contributed by atoms with van der Waals surface area (Å²) in [6, 6.07) is 0. The number of ether oxygens (including phenoxy) is 1. The molecule has 0 radical (unpaired) electrons. The van der Waals surface area contributed by atoms with Crippen LogP contribution >= 0.6 is 27.5 Å². The molecule has 0 bridgehead atoms. The summed E-state index contributed by atoms with van der Waals surface area (Å²) >= 11 is 10.1. The molecule has 0 saturated heterocycles. The first-order chi connectivity index (χ1) is 8.69. The summed E-state index contributed by atoms with van der Waals surface area (Å²) in [4.78, 5) is 0.347. The Hall–Kier alpha value is -0.230. The minimum atomic E-state index is -0.00414. The fourth-order valence-corrected chi connectivity index (χ4v) is 2.96. The molecule has 0 aromatic heterocycles. The third-order valence-corrected chi connectivity index (χ3v) is 4.45. The van der Waals surface area contributed by atoms with Gasteiger partial charge in [0, 0.05) is 4.83 Å². The molecule has 1 aliphatic rings. The molecule has 18 heavy (non-hydrogen) atoms. The van der Waals surface area contributed by atoms with Gasteiger partial charge < -0.3 is 4.74 Å². The number of rotatable bonds is 3. The summed E-state index contributed by atoms with van der Waals surface area (Å²) < 4.78 is 6.15. The Kier molecular flexibility index (Phi) is 7.74. The van der Waals surface area contributed by atoms with Gasteiger partial charge in [-0.05, 0) is 31.8 Å². The van der Waals surface area contributed by atoms with Gasteiger partial charge in [0.15, 0.2) is 0 Å². The summed E-state index contributed by atoms with van der Waals surface area (Å²) in [7, 11) is 0. The second kappa shape index (κ2) is 8.80. The van der Waals surface area contributed by atoms with Crippen LogP contribution in [0.25, 0.3) is 0 Å². The van der Waals surface area contributed by atoms with Gasteiger partial charge in [0.1, 0.15) is 0 Å². The van der Waals surface area contributed by atoms with Crippen LogP contribution in [0.2, 0.25) is 0 Å². The normalized spacial score (nSPS) is 35.4. The van der Waals surface area contributed by atoms with Gasteiger partial charge in [-0.1, -0.05) is 47.0 Å². The van der Waals surface area contributed by atoms with Crippen molar-refractivity contribution >= 4 is 27.5 Å². The Balaban J connectivity index is 2.73. The van der Waals surface area contributed by atoms with E-state index >= 15 is 0 Å². The van der Waals surface area contributed by atoms with Crippen molar-refractivity contribution in [2.45, 2.75) is 55.0 Å². The van der Waals surface area contributed by atoms with E-state index in [0.717, 1.165) is 25.7 Å². The van der Waals surface area contributed by atoms with Crippen molar-refractivity contribution in [3.8, 4) is 12.3 Å². The minimum Gasteiger partial charge on any atom is -0.372 e. The zero-order valence-corrected chi connectivity index (χ0v) is 13.0. The first-order valence-corrected chi connectivity index (χ1v) is 7.74. The van der Waals surface area contributed by atoms with Gasteiger partial charge in [0.2, 0.25) is 0 Å². The molecule has 1 rings (SSSR count). The van der Waals surface area contributed by atoms with Crippen molar-refractivity contribution in [2.24, 2.45) is 0 Å². The Morgan fingerprint density at radius 3 is 2.83 bits per heavy atom.